The van der Waals surface area contributed by atoms with Crippen LogP contribution in [0.2, 0.25) is 0 Å². The van der Waals surface area contributed by atoms with E-state index >= 15 is 4.79 Å². The Kier molecular flexibility index (Phi) is 8.57. The van der Waals surface area contributed by atoms with E-state index < -0.39 is 21.3 Å². The number of piperazine rings is 1. The standard InChI is InChI=1S/C40H52N4O5S/c1-4-21-50(47,48)41-37(45)28-13-15-31-34(22-28)44-26-40(38(46)43-20-19-42(2)39(25-43)17-9-6-10-18-39)24-33(40)32-23-29(49-3)14-16-30(32)36(44)35(31)27-11-7-5-8-12-27/h13-16,22-23,27,33H,4-12,17-21,24-26H2,1-3H3,(H,41,45). The van der Waals surface area contributed by atoms with Crippen LogP contribution in [-0.2, 0) is 21.4 Å². The maximum absolute atomic E-state index is 15.1. The van der Waals surface area contributed by atoms with Crippen molar-refractivity contribution in [3.8, 4) is 17.0 Å². The summed E-state index contributed by atoms with van der Waals surface area (Å²) >= 11 is 0. The molecule has 1 aromatic heterocycles. The van der Waals surface area contributed by atoms with Crippen molar-refractivity contribution in [3.05, 3.63) is 53.1 Å². The number of likely N-dealkylation sites (N-methyl/N-ethyl adjacent to an activating group) is 1. The second-order valence-electron chi connectivity index (χ2n) is 16.0. The highest BCUT2D eigenvalue weighted by Gasteiger charge is 2.64. The Bertz CT molecular complexity index is 1940. The first-order valence-electron chi connectivity index (χ1n) is 19.0. The second kappa shape index (κ2) is 12.7. The first kappa shape index (κ1) is 33.8. The molecule has 10 heteroatoms. The van der Waals surface area contributed by atoms with E-state index in [0.717, 1.165) is 79.6 Å². The number of carbonyl (C=O) groups excluding carboxylic acids is 2. The minimum absolute atomic E-state index is 0.0544. The van der Waals surface area contributed by atoms with Gasteiger partial charge in [0.1, 0.15) is 5.75 Å². The molecule has 3 aromatic rings. The van der Waals surface area contributed by atoms with Crippen LogP contribution in [0.5, 0.6) is 5.75 Å². The summed E-state index contributed by atoms with van der Waals surface area (Å²) in [5.74, 6) is 0.775. The third kappa shape index (κ3) is 5.56. The van der Waals surface area contributed by atoms with Crippen molar-refractivity contribution in [2.24, 2.45) is 5.41 Å². The molecule has 4 fully saturated rings. The Balaban J connectivity index is 1.28. The zero-order chi connectivity index (χ0) is 34.8. The fourth-order valence-electron chi connectivity index (χ4n) is 10.2. The molecule has 8 rings (SSSR count). The lowest BCUT2D eigenvalue weighted by atomic mass is 9.78. The largest absolute Gasteiger partial charge is 0.497 e. The van der Waals surface area contributed by atoms with E-state index in [1.807, 2.05) is 18.2 Å². The summed E-state index contributed by atoms with van der Waals surface area (Å²) < 4.78 is 35.6. The van der Waals surface area contributed by atoms with E-state index in [1.54, 1.807) is 20.1 Å². The molecule has 2 aromatic carbocycles. The number of amides is 2. The lowest BCUT2D eigenvalue weighted by molar-refractivity contribution is -0.144. The fraction of sp³-hybridized carbons (Fsp3) is 0.600. The first-order valence-corrected chi connectivity index (χ1v) is 20.6. The number of sulfonamides is 1. The minimum Gasteiger partial charge on any atom is -0.497 e. The van der Waals surface area contributed by atoms with Gasteiger partial charge in [-0.15, -0.1) is 0 Å². The van der Waals surface area contributed by atoms with Crippen molar-refractivity contribution < 1.29 is 22.7 Å². The molecular formula is C40H52N4O5S. The van der Waals surface area contributed by atoms with Gasteiger partial charge in [0, 0.05) is 59.7 Å². The summed E-state index contributed by atoms with van der Waals surface area (Å²) in [5.41, 5.74) is 5.47. The maximum atomic E-state index is 15.1. The van der Waals surface area contributed by atoms with Gasteiger partial charge in [-0.25, -0.2) is 13.1 Å². The molecular weight excluding hydrogens is 649 g/mol. The summed E-state index contributed by atoms with van der Waals surface area (Å²) in [4.78, 5) is 33.3. The smallest absolute Gasteiger partial charge is 0.264 e. The Morgan fingerprint density at radius 2 is 1.72 bits per heavy atom. The van der Waals surface area contributed by atoms with Crippen LogP contribution in [0.15, 0.2) is 36.4 Å². The molecule has 3 heterocycles. The van der Waals surface area contributed by atoms with Gasteiger partial charge in [0.25, 0.3) is 5.91 Å². The molecule has 50 heavy (non-hydrogen) atoms. The van der Waals surface area contributed by atoms with Crippen LogP contribution in [0.3, 0.4) is 0 Å². The molecule has 2 atom stereocenters. The van der Waals surface area contributed by atoms with Gasteiger partial charge in [0.15, 0.2) is 0 Å². The van der Waals surface area contributed by atoms with Crippen LogP contribution in [0, 0.1) is 5.41 Å². The highest BCUT2D eigenvalue weighted by molar-refractivity contribution is 7.90. The third-order valence-corrected chi connectivity index (χ3v) is 14.4. The van der Waals surface area contributed by atoms with Crippen LogP contribution in [-0.4, -0.2) is 79.7 Å². The number of methoxy groups -OCH3 is 1. The van der Waals surface area contributed by atoms with Crippen molar-refractivity contribution in [2.75, 3.05) is 39.5 Å². The van der Waals surface area contributed by atoms with E-state index in [9.17, 15) is 13.2 Å². The van der Waals surface area contributed by atoms with Gasteiger partial charge in [-0.05, 0) is 92.9 Å². The van der Waals surface area contributed by atoms with Gasteiger partial charge in [-0.3, -0.25) is 14.5 Å². The fourth-order valence-corrected chi connectivity index (χ4v) is 11.3. The van der Waals surface area contributed by atoms with Gasteiger partial charge in [-0.2, -0.15) is 0 Å². The summed E-state index contributed by atoms with van der Waals surface area (Å²) in [6, 6.07) is 12.1. The van der Waals surface area contributed by atoms with Gasteiger partial charge in [0.2, 0.25) is 15.9 Å². The molecule has 1 saturated heterocycles. The van der Waals surface area contributed by atoms with Crippen LogP contribution in [0.4, 0.5) is 0 Å². The van der Waals surface area contributed by atoms with Gasteiger partial charge in [0.05, 0.1) is 24.0 Å². The number of hydrogen-bond acceptors (Lipinski definition) is 6. The summed E-state index contributed by atoms with van der Waals surface area (Å²) in [5, 5.41) is 1.10. The number of fused-ring (bicyclic) bond motifs is 7. The number of benzene rings is 2. The molecule has 3 saturated carbocycles. The van der Waals surface area contributed by atoms with Crippen molar-refractivity contribution in [1.29, 1.82) is 0 Å². The molecule has 0 bridgehead atoms. The van der Waals surface area contributed by atoms with Crippen LogP contribution in [0.25, 0.3) is 22.2 Å². The molecule has 268 valence electrons. The van der Waals surface area contributed by atoms with Crippen LogP contribution < -0.4 is 9.46 Å². The van der Waals surface area contributed by atoms with E-state index in [-0.39, 0.29) is 23.1 Å². The molecule has 2 unspecified atom stereocenters. The minimum atomic E-state index is -3.74. The average molecular weight is 701 g/mol. The molecule has 1 spiro atoms. The van der Waals surface area contributed by atoms with Gasteiger partial charge >= 0.3 is 0 Å². The van der Waals surface area contributed by atoms with Crippen LogP contribution >= 0.6 is 0 Å². The number of hydrogen-bond donors (Lipinski definition) is 1. The number of ether oxygens (including phenoxy) is 1. The highest BCUT2D eigenvalue weighted by Crippen LogP contribution is 2.66. The van der Waals surface area contributed by atoms with Crippen molar-refractivity contribution in [3.63, 3.8) is 0 Å². The molecule has 1 N–H and O–H groups in total. The SMILES string of the molecule is CCCS(=O)(=O)NC(=O)c1ccc2c(C3CCCCC3)c3n(c2c1)CC1(C(=O)N2CCN(C)C4(CCCCC4)C2)CC1c1cc(OC)ccc1-3. The lowest BCUT2D eigenvalue weighted by Gasteiger charge is -2.52. The molecule has 3 aliphatic carbocycles. The van der Waals surface area contributed by atoms with E-state index in [2.05, 4.69) is 38.3 Å². The first-order chi connectivity index (χ1) is 24.1. The van der Waals surface area contributed by atoms with Gasteiger partial charge < -0.3 is 14.2 Å². The predicted octanol–water partition coefficient (Wildman–Crippen LogP) is 6.80. The molecule has 5 aliphatic rings. The zero-order valence-electron chi connectivity index (χ0n) is 29.9. The van der Waals surface area contributed by atoms with Crippen LogP contribution in [0.1, 0.15) is 117 Å². The second-order valence-corrected chi connectivity index (χ2v) is 17.8. The monoisotopic (exact) mass is 700 g/mol. The number of nitrogens with one attached hydrogen (secondary N) is 1. The van der Waals surface area contributed by atoms with E-state index in [4.69, 9.17) is 4.74 Å². The van der Waals surface area contributed by atoms with Gasteiger partial charge in [-0.1, -0.05) is 51.5 Å². The summed E-state index contributed by atoms with van der Waals surface area (Å²) in [6.45, 7) is 4.72. The zero-order valence-corrected chi connectivity index (χ0v) is 30.7. The predicted molar refractivity (Wildman–Crippen MR) is 196 cm³/mol. The van der Waals surface area contributed by atoms with Crippen molar-refractivity contribution in [2.45, 2.75) is 108 Å². The Hall–Kier alpha value is -3.37. The summed E-state index contributed by atoms with van der Waals surface area (Å²) in [6.07, 6.45) is 13.0. The van der Waals surface area contributed by atoms with Crippen molar-refractivity contribution >= 4 is 32.7 Å². The maximum Gasteiger partial charge on any atom is 0.264 e. The molecule has 2 aliphatic heterocycles. The normalized spacial score (nSPS) is 25.0. The molecule has 2 amide bonds. The number of aromatic nitrogens is 1. The Labute approximate surface area is 296 Å². The number of nitrogens with zero attached hydrogens (tertiary/aromatic N) is 3. The summed E-state index contributed by atoms with van der Waals surface area (Å²) in [7, 11) is 0.208. The quantitative estimate of drug-likeness (QED) is 0.291. The van der Waals surface area contributed by atoms with E-state index in [1.165, 1.54) is 49.7 Å². The lowest BCUT2D eigenvalue weighted by Crippen LogP contribution is -2.63. The number of carbonyl (C=O) groups is 2. The highest BCUT2D eigenvalue weighted by atomic mass is 32.2. The Morgan fingerprint density at radius 1 is 0.960 bits per heavy atom. The number of rotatable bonds is 7. The molecule has 0 radical (unpaired) electrons. The molecule has 9 nitrogen and oxygen atoms in total. The third-order valence-electron chi connectivity index (χ3n) is 13.0. The Morgan fingerprint density at radius 3 is 2.46 bits per heavy atom. The topological polar surface area (TPSA) is 101 Å². The van der Waals surface area contributed by atoms with Crippen molar-refractivity contribution in [1.82, 2.24) is 19.1 Å². The van der Waals surface area contributed by atoms with E-state index in [0.29, 0.717) is 24.4 Å². The average Bonchev–Trinajstić information content (AvgIpc) is 3.79.